The second-order valence-electron chi connectivity index (χ2n) is 7.41. The number of hydrogen-bond donors (Lipinski definition) is 3. The van der Waals surface area contributed by atoms with Crippen LogP contribution in [0.4, 0.5) is 11.5 Å². The number of fused-ring (bicyclic) bond motifs is 1. The summed E-state index contributed by atoms with van der Waals surface area (Å²) in [7, 11) is 0. The van der Waals surface area contributed by atoms with Crippen LogP contribution in [0, 0.1) is 11.3 Å². The predicted octanol–water partition coefficient (Wildman–Crippen LogP) is 4.01. The minimum absolute atomic E-state index is 0.147. The number of nitrogens with one attached hydrogen (secondary N) is 1. The zero-order valence-electron chi connectivity index (χ0n) is 15.7. The van der Waals surface area contributed by atoms with Crippen LogP contribution in [-0.4, -0.2) is 16.9 Å². The Bertz CT molecular complexity index is 1120. The summed E-state index contributed by atoms with van der Waals surface area (Å²) >= 11 is 1.21. The van der Waals surface area contributed by atoms with Crippen molar-refractivity contribution in [1.29, 1.82) is 5.26 Å². The van der Waals surface area contributed by atoms with Gasteiger partial charge in [0.25, 0.3) is 5.91 Å². The molecule has 0 atom stereocenters. The maximum Gasteiger partial charge on any atom is 0.263 e. The molecule has 5 N–H and O–H groups in total. The van der Waals surface area contributed by atoms with E-state index in [9.17, 15) is 10.1 Å². The van der Waals surface area contributed by atoms with Crippen LogP contribution in [0.25, 0.3) is 21.3 Å². The van der Waals surface area contributed by atoms with Gasteiger partial charge in [0.15, 0.2) is 0 Å². The first-order valence-corrected chi connectivity index (χ1v) is 10.0. The Hall–Kier alpha value is -3.11. The number of carbonyl (C=O) groups is 1. The van der Waals surface area contributed by atoms with Crippen molar-refractivity contribution >= 4 is 39.0 Å². The van der Waals surface area contributed by atoms with Crippen molar-refractivity contribution in [1.82, 2.24) is 10.3 Å². The van der Waals surface area contributed by atoms with E-state index in [1.807, 2.05) is 24.3 Å². The first kappa shape index (κ1) is 18.3. The standard InChI is InChI=1S/C21H21N5OS/c1-10(2)11-3-5-12(6-4-11)15-14(9-22)19(24)26-21-16(15)17(23)18(28-21)20(27)25-13-7-8-13/h3-6,10,13H,7-8,23H2,1-2H3,(H2,24,26)(H,25,27). The van der Waals surface area contributed by atoms with Gasteiger partial charge in [0.1, 0.15) is 27.2 Å². The molecule has 0 radical (unpaired) electrons. The topological polar surface area (TPSA) is 118 Å². The van der Waals surface area contributed by atoms with Crippen molar-refractivity contribution in [3.05, 3.63) is 40.3 Å². The minimum atomic E-state index is -0.193. The van der Waals surface area contributed by atoms with Crippen molar-refractivity contribution in [2.24, 2.45) is 0 Å². The highest BCUT2D eigenvalue weighted by molar-refractivity contribution is 7.21. The number of aromatic nitrogens is 1. The molecule has 0 bridgehead atoms. The minimum Gasteiger partial charge on any atom is -0.397 e. The second-order valence-corrected chi connectivity index (χ2v) is 8.41. The van der Waals surface area contributed by atoms with Crippen molar-refractivity contribution in [3.8, 4) is 17.2 Å². The molecule has 0 unspecified atom stereocenters. The Balaban J connectivity index is 1.93. The average Bonchev–Trinajstić information content (AvgIpc) is 3.42. The molecule has 7 heteroatoms. The van der Waals surface area contributed by atoms with Crippen LogP contribution in [0.15, 0.2) is 24.3 Å². The van der Waals surface area contributed by atoms with Crippen LogP contribution in [0.3, 0.4) is 0 Å². The summed E-state index contributed by atoms with van der Waals surface area (Å²) in [5.41, 5.74) is 15.8. The molecule has 1 aromatic carbocycles. The second kappa shape index (κ2) is 6.80. The molecule has 0 saturated heterocycles. The van der Waals surface area contributed by atoms with Crippen molar-refractivity contribution in [3.63, 3.8) is 0 Å². The van der Waals surface area contributed by atoms with Crippen molar-refractivity contribution < 1.29 is 4.79 Å². The summed E-state index contributed by atoms with van der Waals surface area (Å²) in [4.78, 5) is 17.9. The van der Waals surface area contributed by atoms with Crippen molar-refractivity contribution in [2.75, 3.05) is 11.5 Å². The van der Waals surface area contributed by atoms with E-state index in [0.29, 0.717) is 32.3 Å². The molecule has 0 aliphatic heterocycles. The number of hydrogen-bond acceptors (Lipinski definition) is 6. The van der Waals surface area contributed by atoms with E-state index in [1.165, 1.54) is 16.9 Å². The summed E-state index contributed by atoms with van der Waals surface area (Å²) in [6.45, 7) is 4.25. The number of benzene rings is 1. The van der Waals surface area contributed by atoms with Gasteiger partial charge >= 0.3 is 0 Å². The fourth-order valence-corrected chi connectivity index (χ4v) is 4.27. The van der Waals surface area contributed by atoms with E-state index in [1.54, 1.807) is 0 Å². The normalized spacial score (nSPS) is 13.6. The number of amides is 1. The van der Waals surface area contributed by atoms with E-state index in [2.05, 4.69) is 30.2 Å². The van der Waals surface area contributed by atoms with Gasteiger partial charge in [-0.15, -0.1) is 11.3 Å². The fraction of sp³-hybridized carbons (Fsp3) is 0.286. The van der Waals surface area contributed by atoms with Gasteiger partial charge in [0.2, 0.25) is 0 Å². The molecule has 6 nitrogen and oxygen atoms in total. The predicted molar refractivity (Wildman–Crippen MR) is 113 cm³/mol. The lowest BCUT2D eigenvalue weighted by Gasteiger charge is -2.11. The summed E-state index contributed by atoms with van der Waals surface area (Å²) in [5.74, 6) is 0.352. The van der Waals surface area contributed by atoms with Gasteiger partial charge in [0, 0.05) is 17.0 Å². The highest BCUT2D eigenvalue weighted by Gasteiger charge is 2.28. The number of nitriles is 1. The van der Waals surface area contributed by atoms with Gasteiger partial charge in [-0.25, -0.2) is 4.98 Å². The third kappa shape index (κ3) is 3.06. The number of nitrogens with two attached hydrogens (primary N) is 2. The van der Waals surface area contributed by atoms with Crippen molar-refractivity contribution in [2.45, 2.75) is 38.6 Å². The maximum atomic E-state index is 12.6. The quantitative estimate of drug-likeness (QED) is 0.621. The number of nitrogens with zero attached hydrogens (tertiary/aromatic N) is 2. The SMILES string of the molecule is CC(C)c1ccc(-c2c(C#N)c(N)nc3sc(C(=O)NC4CC4)c(N)c23)cc1. The van der Waals surface area contributed by atoms with E-state index in [4.69, 9.17) is 11.5 Å². The molecule has 4 rings (SSSR count). The van der Waals surface area contributed by atoms with E-state index in [-0.39, 0.29) is 23.3 Å². The highest BCUT2D eigenvalue weighted by Crippen LogP contribution is 2.43. The first-order chi connectivity index (χ1) is 13.4. The number of carbonyl (C=O) groups excluding carboxylic acids is 1. The van der Waals surface area contributed by atoms with Gasteiger partial charge in [-0.2, -0.15) is 5.26 Å². The molecule has 1 amide bonds. The van der Waals surface area contributed by atoms with Crippen LogP contribution < -0.4 is 16.8 Å². The Morgan fingerprint density at radius 3 is 2.54 bits per heavy atom. The lowest BCUT2D eigenvalue weighted by molar-refractivity contribution is 0.0956. The van der Waals surface area contributed by atoms with Gasteiger partial charge in [-0.05, 0) is 29.9 Å². The number of nitrogen functional groups attached to an aromatic ring is 2. The number of thiophene rings is 1. The summed E-state index contributed by atoms with van der Waals surface area (Å²) < 4.78 is 0. The summed E-state index contributed by atoms with van der Waals surface area (Å²) in [6.07, 6.45) is 1.99. The highest BCUT2D eigenvalue weighted by atomic mass is 32.1. The third-order valence-corrected chi connectivity index (χ3v) is 6.10. The number of pyridine rings is 1. The molecular formula is C21H21N5OS. The molecule has 28 heavy (non-hydrogen) atoms. The van der Waals surface area contributed by atoms with Gasteiger partial charge in [-0.3, -0.25) is 4.79 Å². The van der Waals surface area contributed by atoms with Gasteiger partial charge in [-0.1, -0.05) is 38.1 Å². The molecule has 2 heterocycles. The third-order valence-electron chi connectivity index (χ3n) is 5.00. The fourth-order valence-electron chi connectivity index (χ4n) is 3.25. The molecule has 1 fully saturated rings. The van der Waals surface area contributed by atoms with E-state index in [0.717, 1.165) is 18.4 Å². The Kier molecular flexibility index (Phi) is 4.44. The van der Waals surface area contributed by atoms with Crippen LogP contribution in [0.1, 0.15) is 53.4 Å². The molecular weight excluding hydrogens is 370 g/mol. The zero-order valence-corrected chi connectivity index (χ0v) is 16.6. The number of anilines is 2. The molecule has 0 spiro atoms. The maximum absolute atomic E-state index is 12.6. The van der Waals surface area contributed by atoms with E-state index < -0.39 is 0 Å². The van der Waals surface area contributed by atoms with Crippen LogP contribution >= 0.6 is 11.3 Å². The Labute approximate surface area is 167 Å². The lowest BCUT2D eigenvalue weighted by Crippen LogP contribution is -2.25. The molecule has 1 aliphatic rings. The van der Waals surface area contributed by atoms with Gasteiger partial charge < -0.3 is 16.8 Å². The van der Waals surface area contributed by atoms with Crippen LogP contribution in [0.2, 0.25) is 0 Å². The van der Waals surface area contributed by atoms with Gasteiger partial charge in [0.05, 0.1) is 5.69 Å². The average molecular weight is 392 g/mol. The molecule has 142 valence electrons. The first-order valence-electron chi connectivity index (χ1n) is 9.23. The molecule has 3 aromatic rings. The monoisotopic (exact) mass is 391 g/mol. The number of rotatable bonds is 4. The zero-order chi connectivity index (χ0) is 20.0. The van der Waals surface area contributed by atoms with E-state index >= 15 is 0 Å². The van der Waals surface area contributed by atoms with Crippen LogP contribution in [0.5, 0.6) is 0 Å². The Morgan fingerprint density at radius 1 is 1.29 bits per heavy atom. The largest absolute Gasteiger partial charge is 0.397 e. The smallest absolute Gasteiger partial charge is 0.263 e. The lowest BCUT2D eigenvalue weighted by atomic mass is 9.94. The van der Waals surface area contributed by atoms with Crippen LogP contribution in [-0.2, 0) is 0 Å². The molecule has 1 aliphatic carbocycles. The molecule has 1 saturated carbocycles. The Morgan fingerprint density at radius 2 is 1.96 bits per heavy atom. The summed E-state index contributed by atoms with van der Waals surface area (Å²) in [6, 6.07) is 10.4. The molecule has 2 aromatic heterocycles. The summed E-state index contributed by atoms with van der Waals surface area (Å²) in [5, 5.41) is 13.3.